The van der Waals surface area contributed by atoms with Gasteiger partial charge in [-0.1, -0.05) is 12.8 Å². The van der Waals surface area contributed by atoms with Gasteiger partial charge in [-0.2, -0.15) is 20.4 Å². The number of hydrogen-bond donors (Lipinski definition) is 8. The fourth-order valence-corrected chi connectivity index (χ4v) is 2.34. The summed E-state index contributed by atoms with van der Waals surface area (Å²) in [4.78, 5) is 0. The highest BCUT2D eigenvalue weighted by Gasteiger charge is 2.00. The minimum absolute atomic E-state index is 0.0936. The van der Waals surface area contributed by atoms with Gasteiger partial charge in [0.05, 0.1) is 22.8 Å². The number of hydrogen-bond acceptors (Lipinski definition) is 8. The quantitative estimate of drug-likeness (QED) is 0.0702. The summed E-state index contributed by atoms with van der Waals surface area (Å²) in [5.74, 6) is 0. The Kier molecular flexibility index (Phi) is 17.4. The van der Waals surface area contributed by atoms with Crippen LogP contribution in [-0.2, 0) is 0 Å². The summed E-state index contributed by atoms with van der Waals surface area (Å²) in [5.41, 5.74) is 23.8. The Morgan fingerprint density at radius 1 is 0.529 bits per heavy atom. The Morgan fingerprint density at radius 3 is 1.12 bits per heavy atom. The number of hydrazone groups is 4. The van der Waals surface area contributed by atoms with E-state index in [4.69, 9.17) is 60.3 Å². The lowest BCUT2D eigenvalue weighted by atomic mass is 10.2. The molecule has 190 valence electrons. The first-order valence-electron chi connectivity index (χ1n) is 10.4. The van der Waals surface area contributed by atoms with Crippen LogP contribution in [0.4, 0.5) is 0 Å². The van der Waals surface area contributed by atoms with Gasteiger partial charge in [0.1, 0.15) is 0 Å². The lowest BCUT2D eigenvalue weighted by Crippen LogP contribution is -2.34. The molecule has 10 N–H and O–H groups in total. The molecule has 0 spiro atoms. The number of unbranched alkanes of at least 4 members (excludes halogenated alkanes) is 3. The van der Waals surface area contributed by atoms with Crippen LogP contribution in [0, 0.1) is 0 Å². The Labute approximate surface area is 222 Å². The average Bonchev–Trinajstić information content (AvgIpc) is 2.79. The second-order valence-corrected chi connectivity index (χ2v) is 8.59. The smallest absolute Gasteiger partial charge is 0.186 e. The predicted octanol–water partition coefficient (Wildman–Crippen LogP) is 0.645. The van der Waals surface area contributed by atoms with Crippen LogP contribution in [0.1, 0.15) is 53.4 Å². The molecule has 0 aliphatic carbocycles. The van der Waals surface area contributed by atoms with Crippen molar-refractivity contribution >= 4 is 92.2 Å². The maximum Gasteiger partial charge on any atom is 0.186 e. The van der Waals surface area contributed by atoms with Gasteiger partial charge in [0.15, 0.2) is 20.4 Å². The zero-order valence-electron chi connectivity index (χ0n) is 19.8. The number of thiocarbonyl (C=S) groups is 4. The molecule has 0 aromatic heterocycles. The van der Waals surface area contributed by atoms with Gasteiger partial charge in [-0.3, -0.25) is 21.7 Å². The van der Waals surface area contributed by atoms with Crippen molar-refractivity contribution in [3.8, 4) is 0 Å². The van der Waals surface area contributed by atoms with Gasteiger partial charge in [0.25, 0.3) is 0 Å². The molecule has 34 heavy (non-hydrogen) atoms. The zero-order valence-corrected chi connectivity index (χ0v) is 23.1. The highest BCUT2D eigenvalue weighted by Crippen LogP contribution is 1.98. The lowest BCUT2D eigenvalue weighted by molar-refractivity contribution is 0.621. The Bertz CT molecular complexity index is 767. The van der Waals surface area contributed by atoms with E-state index in [-0.39, 0.29) is 10.2 Å². The molecule has 0 aromatic carbocycles. The van der Waals surface area contributed by atoms with Gasteiger partial charge in [0, 0.05) is 13.1 Å². The minimum atomic E-state index is 0.0936. The van der Waals surface area contributed by atoms with Crippen molar-refractivity contribution in [3.63, 3.8) is 0 Å². The normalized spacial score (nSPS) is 12.5. The van der Waals surface area contributed by atoms with Gasteiger partial charge < -0.3 is 22.1 Å². The molecule has 0 aromatic rings. The van der Waals surface area contributed by atoms with Gasteiger partial charge in [-0.05, 0) is 89.4 Å². The first-order valence-corrected chi connectivity index (χ1v) is 12.0. The van der Waals surface area contributed by atoms with Gasteiger partial charge in [0.2, 0.25) is 0 Å². The van der Waals surface area contributed by atoms with Crippen molar-refractivity contribution < 1.29 is 0 Å². The third-order valence-corrected chi connectivity index (χ3v) is 4.69. The van der Waals surface area contributed by atoms with Crippen molar-refractivity contribution in [2.75, 3.05) is 13.1 Å². The van der Waals surface area contributed by atoms with Crippen LogP contribution in [0.3, 0.4) is 0 Å². The molecule has 16 heteroatoms. The number of nitrogens with zero attached hydrogens (tertiary/aromatic N) is 4. The second kappa shape index (κ2) is 18.8. The van der Waals surface area contributed by atoms with E-state index in [1.54, 1.807) is 27.7 Å². The number of rotatable bonds is 13. The molecule has 0 saturated heterocycles. The molecule has 0 bridgehead atoms. The lowest BCUT2D eigenvalue weighted by Gasteiger charge is -2.09. The van der Waals surface area contributed by atoms with Crippen molar-refractivity contribution in [1.82, 2.24) is 32.3 Å². The number of nitrogens with one attached hydrogen (secondary N) is 6. The molecule has 0 saturated carbocycles. The molecule has 0 unspecified atom stereocenters. The highest BCUT2D eigenvalue weighted by atomic mass is 32.1. The topological polar surface area (TPSA) is 174 Å². The third kappa shape index (κ3) is 17.9. The second-order valence-electron chi connectivity index (χ2n) is 6.89. The summed E-state index contributed by atoms with van der Waals surface area (Å²) in [5, 5.41) is 23.6. The van der Waals surface area contributed by atoms with Crippen LogP contribution in [0.15, 0.2) is 20.4 Å². The molecule has 0 radical (unpaired) electrons. The summed E-state index contributed by atoms with van der Waals surface area (Å²) >= 11 is 19.8. The molecule has 12 nitrogen and oxygen atoms in total. The van der Waals surface area contributed by atoms with E-state index < -0.39 is 0 Å². The number of nitrogens with two attached hydrogens (primary N) is 2. The van der Waals surface area contributed by atoms with Crippen LogP contribution in [0.25, 0.3) is 0 Å². The van der Waals surface area contributed by atoms with E-state index in [0.717, 1.165) is 38.8 Å². The molecule has 0 atom stereocenters. The Hall–Kier alpha value is -2.56. The van der Waals surface area contributed by atoms with Crippen molar-refractivity contribution in [1.29, 1.82) is 0 Å². The van der Waals surface area contributed by atoms with Crippen molar-refractivity contribution in [2.24, 2.45) is 31.9 Å². The Balaban J connectivity index is 3.92. The Morgan fingerprint density at radius 2 is 0.824 bits per heavy atom. The largest absolute Gasteiger partial charge is 0.375 e. The van der Waals surface area contributed by atoms with Crippen LogP contribution in [0.2, 0.25) is 0 Å². The van der Waals surface area contributed by atoms with E-state index in [9.17, 15) is 0 Å². The van der Waals surface area contributed by atoms with Crippen LogP contribution < -0.4 is 43.8 Å². The van der Waals surface area contributed by atoms with E-state index in [2.05, 4.69) is 52.7 Å². The zero-order chi connectivity index (χ0) is 25.9. The van der Waals surface area contributed by atoms with E-state index in [1.807, 2.05) is 0 Å². The standard InChI is InChI=1S/C18H34N12S4/c1-11(23-27-15(19)31)13(3)25-29-17(33)21-9-7-5-6-8-10-22-18(34)30-26-14(4)12(2)24-28-16(20)32/h5-10H2,1-4H3,(H3,19,27,31)(H3,20,28,32)(H2,21,29,33)(H2,22,30,34)/b23-11+,24-12+,25-13+,26-14+. The average molecular weight is 547 g/mol. The SMILES string of the molecule is CC(=N\NC(N)=S)/C(C)=N/NC(=S)NCCCCCCNC(=S)N/N=C(C)/C(C)=N/NC(N)=S. The molecule has 0 amide bonds. The molecular weight excluding hydrogens is 513 g/mol. The summed E-state index contributed by atoms with van der Waals surface area (Å²) < 4.78 is 0. The van der Waals surface area contributed by atoms with Crippen LogP contribution in [0.5, 0.6) is 0 Å². The van der Waals surface area contributed by atoms with E-state index in [1.165, 1.54) is 0 Å². The molecule has 0 fully saturated rings. The predicted molar refractivity (Wildman–Crippen MR) is 158 cm³/mol. The fourth-order valence-electron chi connectivity index (χ4n) is 1.96. The first-order chi connectivity index (χ1) is 16.0. The molecule has 0 rings (SSSR count). The summed E-state index contributed by atoms with van der Waals surface area (Å²) in [6.45, 7) is 8.66. The maximum absolute atomic E-state index is 5.33. The van der Waals surface area contributed by atoms with Gasteiger partial charge in [-0.15, -0.1) is 0 Å². The highest BCUT2D eigenvalue weighted by molar-refractivity contribution is 7.80. The van der Waals surface area contributed by atoms with E-state index in [0.29, 0.717) is 33.1 Å². The molecular formula is C18H34N12S4. The molecule has 0 aliphatic rings. The molecule has 0 aliphatic heterocycles. The monoisotopic (exact) mass is 546 g/mol. The van der Waals surface area contributed by atoms with Crippen molar-refractivity contribution in [2.45, 2.75) is 53.4 Å². The van der Waals surface area contributed by atoms with Crippen molar-refractivity contribution in [3.05, 3.63) is 0 Å². The molecule has 0 heterocycles. The fraction of sp³-hybridized carbons (Fsp3) is 0.556. The maximum atomic E-state index is 5.33. The summed E-state index contributed by atoms with van der Waals surface area (Å²) in [7, 11) is 0. The summed E-state index contributed by atoms with van der Waals surface area (Å²) in [6.07, 6.45) is 4.07. The van der Waals surface area contributed by atoms with Gasteiger partial charge in [-0.25, -0.2) is 0 Å². The third-order valence-electron chi connectivity index (χ3n) is 4.04. The van der Waals surface area contributed by atoms with Crippen LogP contribution >= 0.6 is 48.9 Å². The van der Waals surface area contributed by atoms with Gasteiger partial charge >= 0.3 is 0 Å². The minimum Gasteiger partial charge on any atom is -0.375 e. The van der Waals surface area contributed by atoms with Crippen LogP contribution in [-0.4, -0.2) is 56.4 Å². The summed E-state index contributed by atoms with van der Waals surface area (Å²) in [6, 6.07) is 0. The first kappa shape index (κ1) is 31.4. The van der Waals surface area contributed by atoms with E-state index >= 15 is 0 Å².